The smallest absolute Gasteiger partial charge is 0.0540 e. The summed E-state index contributed by atoms with van der Waals surface area (Å²) in [5, 5.41) is 5.01. The fourth-order valence-corrected chi connectivity index (χ4v) is 3.94. The summed E-state index contributed by atoms with van der Waals surface area (Å²) in [6.07, 6.45) is 0. The summed E-state index contributed by atoms with van der Waals surface area (Å²) in [6, 6.07) is 38.9. The average Bonchev–Trinajstić information content (AvgIpc) is 2.75. The minimum absolute atomic E-state index is 1.17. The minimum atomic E-state index is 1.17. The van der Waals surface area contributed by atoms with Gasteiger partial charge in [0.15, 0.2) is 0 Å². The maximum absolute atomic E-state index is 2.38. The van der Waals surface area contributed by atoms with E-state index in [9.17, 15) is 0 Å². The highest BCUT2D eigenvalue weighted by Gasteiger charge is 2.16. The van der Waals surface area contributed by atoms with Gasteiger partial charge in [-0.15, -0.1) is 0 Å². The third kappa shape index (κ3) is 2.82. The number of benzene rings is 5. The van der Waals surface area contributed by atoms with Gasteiger partial charge in [-0.3, -0.25) is 0 Å². The number of hydrogen-bond donors (Lipinski definition) is 0. The Morgan fingerprint density at radius 1 is 0.500 bits per heavy atom. The van der Waals surface area contributed by atoms with Crippen LogP contribution in [0.25, 0.3) is 21.5 Å². The summed E-state index contributed by atoms with van der Waals surface area (Å²) in [4.78, 5) is 2.38. The Balaban J connectivity index is 1.81. The zero-order valence-corrected chi connectivity index (χ0v) is 15.8. The molecule has 0 heterocycles. The van der Waals surface area contributed by atoms with Crippen LogP contribution in [0.2, 0.25) is 0 Å². The summed E-state index contributed by atoms with van der Waals surface area (Å²) in [5.74, 6) is 0. The molecule has 0 aliphatic rings. The van der Waals surface area contributed by atoms with Crippen LogP contribution >= 0.6 is 0 Å². The number of hydrogen-bond acceptors (Lipinski definition) is 1. The quantitative estimate of drug-likeness (QED) is 0.318. The predicted octanol–water partition coefficient (Wildman–Crippen LogP) is 7.77. The van der Waals surface area contributed by atoms with Crippen molar-refractivity contribution >= 4 is 38.6 Å². The van der Waals surface area contributed by atoms with Crippen molar-refractivity contribution in [3.05, 3.63) is 115 Å². The number of para-hydroxylation sites is 1. The fourth-order valence-electron chi connectivity index (χ4n) is 3.94. The van der Waals surface area contributed by atoms with Crippen LogP contribution in [0.15, 0.2) is 109 Å². The van der Waals surface area contributed by atoms with E-state index < -0.39 is 0 Å². The van der Waals surface area contributed by atoms with Crippen molar-refractivity contribution < 1.29 is 0 Å². The molecule has 134 valence electrons. The molecule has 0 N–H and O–H groups in total. The van der Waals surface area contributed by atoms with Crippen molar-refractivity contribution in [2.45, 2.75) is 6.92 Å². The largest absolute Gasteiger partial charge is 0.310 e. The molecule has 0 saturated heterocycles. The first-order valence-corrected chi connectivity index (χ1v) is 9.63. The molecule has 0 spiro atoms. The number of aryl methyl sites for hydroxylation is 1. The third-order valence-corrected chi connectivity index (χ3v) is 5.36. The Hall–Kier alpha value is -3.58. The van der Waals surface area contributed by atoms with Crippen LogP contribution in [0.1, 0.15) is 5.56 Å². The summed E-state index contributed by atoms with van der Waals surface area (Å²) in [6.45, 7) is 2.18. The first-order valence-electron chi connectivity index (χ1n) is 9.63. The molecule has 0 fully saturated rings. The Kier molecular flexibility index (Phi) is 4.06. The molecule has 1 nitrogen and oxygen atoms in total. The van der Waals surface area contributed by atoms with Gasteiger partial charge < -0.3 is 4.90 Å². The van der Waals surface area contributed by atoms with Crippen molar-refractivity contribution in [1.82, 2.24) is 0 Å². The second kappa shape index (κ2) is 6.86. The lowest BCUT2D eigenvalue weighted by atomic mass is 10.0. The normalized spacial score (nSPS) is 11.0. The van der Waals surface area contributed by atoms with Crippen molar-refractivity contribution in [1.29, 1.82) is 0 Å². The molecular weight excluding hydrogens is 338 g/mol. The first kappa shape index (κ1) is 16.6. The number of rotatable bonds is 3. The fraction of sp³-hybridized carbons (Fsp3) is 0.0370. The lowest BCUT2D eigenvalue weighted by Gasteiger charge is -2.28. The average molecular weight is 359 g/mol. The van der Waals surface area contributed by atoms with Gasteiger partial charge in [-0.1, -0.05) is 84.9 Å². The van der Waals surface area contributed by atoms with Crippen LogP contribution < -0.4 is 4.90 Å². The highest BCUT2D eigenvalue weighted by Crippen LogP contribution is 2.40. The predicted molar refractivity (Wildman–Crippen MR) is 121 cm³/mol. The van der Waals surface area contributed by atoms with Gasteiger partial charge in [-0.2, -0.15) is 0 Å². The standard InChI is InChI=1S/C27H21N/c1-20-9-2-7-15-26(20)28(24-18-17-21-10-3-4-12-23(21)19-24)27-16-8-13-22-11-5-6-14-25(22)27/h2-19H,1H3. The molecule has 0 aliphatic heterocycles. The van der Waals surface area contributed by atoms with Crippen LogP contribution in [-0.2, 0) is 0 Å². The maximum atomic E-state index is 2.38. The second-order valence-electron chi connectivity index (χ2n) is 7.15. The maximum Gasteiger partial charge on any atom is 0.0540 e. The lowest BCUT2D eigenvalue weighted by molar-refractivity contribution is 1.27. The molecule has 0 bridgehead atoms. The zero-order valence-electron chi connectivity index (χ0n) is 15.8. The summed E-state index contributed by atoms with van der Waals surface area (Å²) < 4.78 is 0. The summed E-state index contributed by atoms with van der Waals surface area (Å²) in [7, 11) is 0. The van der Waals surface area contributed by atoms with Crippen LogP contribution in [-0.4, -0.2) is 0 Å². The molecule has 0 saturated carbocycles. The van der Waals surface area contributed by atoms with Gasteiger partial charge in [0.25, 0.3) is 0 Å². The van der Waals surface area contributed by atoms with Gasteiger partial charge in [-0.25, -0.2) is 0 Å². The number of fused-ring (bicyclic) bond motifs is 2. The topological polar surface area (TPSA) is 3.24 Å². The third-order valence-electron chi connectivity index (χ3n) is 5.36. The Morgan fingerprint density at radius 2 is 1.14 bits per heavy atom. The number of anilines is 3. The molecule has 1 heteroatoms. The van der Waals surface area contributed by atoms with E-state index in [0.29, 0.717) is 0 Å². The van der Waals surface area contributed by atoms with Crippen molar-refractivity contribution in [3.8, 4) is 0 Å². The van der Waals surface area contributed by atoms with Crippen molar-refractivity contribution in [2.24, 2.45) is 0 Å². The van der Waals surface area contributed by atoms with Crippen LogP contribution in [0.4, 0.5) is 17.1 Å². The molecule has 0 aliphatic carbocycles. The van der Waals surface area contributed by atoms with Gasteiger partial charge >= 0.3 is 0 Å². The number of nitrogens with zero attached hydrogens (tertiary/aromatic N) is 1. The van der Waals surface area contributed by atoms with Crippen LogP contribution in [0.5, 0.6) is 0 Å². The highest BCUT2D eigenvalue weighted by atomic mass is 15.1. The van der Waals surface area contributed by atoms with E-state index in [2.05, 4.69) is 121 Å². The van der Waals surface area contributed by atoms with E-state index in [-0.39, 0.29) is 0 Å². The van der Waals surface area contributed by atoms with E-state index in [0.717, 1.165) is 0 Å². The van der Waals surface area contributed by atoms with Crippen LogP contribution in [0, 0.1) is 6.92 Å². The van der Waals surface area contributed by atoms with E-state index >= 15 is 0 Å². The van der Waals surface area contributed by atoms with E-state index in [1.807, 2.05) is 0 Å². The van der Waals surface area contributed by atoms with Gasteiger partial charge in [0.2, 0.25) is 0 Å². The summed E-state index contributed by atoms with van der Waals surface area (Å²) in [5.41, 5.74) is 4.82. The zero-order chi connectivity index (χ0) is 18.9. The minimum Gasteiger partial charge on any atom is -0.310 e. The summed E-state index contributed by atoms with van der Waals surface area (Å²) >= 11 is 0. The molecular formula is C27H21N. The molecule has 5 rings (SSSR count). The van der Waals surface area contributed by atoms with Crippen LogP contribution in [0.3, 0.4) is 0 Å². The Morgan fingerprint density at radius 3 is 2.00 bits per heavy atom. The van der Waals surface area contributed by atoms with Gasteiger partial charge in [-0.05, 0) is 52.9 Å². The highest BCUT2D eigenvalue weighted by molar-refractivity contribution is 6.00. The Labute approximate surface area is 165 Å². The van der Waals surface area contributed by atoms with Gasteiger partial charge in [0.1, 0.15) is 0 Å². The van der Waals surface area contributed by atoms with Crippen molar-refractivity contribution in [2.75, 3.05) is 4.90 Å². The second-order valence-corrected chi connectivity index (χ2v) is 7.15. The van der Waals surface area contributed by atoms with Crippen molar-refractivity contribution in [3.63, 3.8) is 0 Å². The molecule has 0 amide bonds. The van der Waals surface area contributed by atoms with Gasteiger partial charge in [0.05, 0.1) is 5.69 Å². The molecule has 0 radical (unpaired) electrons. The van der Waals surface area contributed by atoms with E-state index in [1.165, 1.54) is 44.2 Å². The Bertz CT molecular complexity index is 1280. The van der Waals surface area contributed by atoms with E-state index in [1.54, 1.807) is 0 Å². The SMILES string of the molecule is Cc1ccccc1N(c1ccc2ccccc2c1)c1cccc2ccccc12. The monoisotopic (exact) mass is 359 g/mol. The molecule has 28 heavy (non-hydrogen) atoms. The molecule has 5 aromatic carbocycles. The van der Waals surface area contributed by atoms with Gasteiger partial charge in [0, 0.05) is 16.8 Å². The van der Waals surface area contributed by atoms with E-state index in [4.69, 9.17) is 0 Å². The molecule has 0 unspecified atom stereocenters. The first-order chi connectivity index (χ1) is 13.8. The molecule has 5 aromatic rings. The molecule has 0 atom stereocenters. The molecule has 0 aromatic heterocycles. The lowest BCUT2D eigenvalue weighted by Crippen LogP contribution is -2.11.